The van der Waals surface area contributed by atoms with Crippen LogP contribution >= 0.6 is 34.7 Å². The first-order valence-corrected chi connectivity index (χ1v) is 7.44. The van der Waals surface area contributed by atoms with Crippen LogP contribution in [0.15, 0.2) is 28.6 Å². The van der Waals surface area contributed by atoms with Crippen molar-refractivity contribution in [2.75, 3.05) is 11.1 Å². The van der Waals surface area contributed by atoms with Gasteiger partial charge in [0.15, 0.2) is 4.34 Å². The largest absolute Gasteiger partial charge is 0.374 e. The number of carbonyl (C=O) groups is 1. The summed E-state index contributed by atoms with van der Waals surface area (Å²) in [5, 5.41) is 11.1. The molecule has 1 amide bonds. The molecule has 0 saturated heterocycles. The van der Waals surface area contributed by atoms with Gasteiger partial charge in [0, 0.05) is 10.7 Å². The lowest BCUT2D eigenvalue weighted by molar-refractivity contribution is -0.115. The summed E-state index contributed by atoms with van der Waals surface area (Å²) >= 11 is 8.36. The average molecular weight is 315 g/mol. The van der Waals surface area contributed by atoms with E-state index in [1.165, 1.54) is 23.1 Å². The average Bonchev–Trinajstić information content (AvgIpc) is 2.77. The van der Waals surface area contributed by atoms with Crippen LogP contribution in [-0.2, 0) is 4.79 Å². The second kappa shape index (κ2) is 6.23. The van der Waals surface area contributed by atoms with Gasteiger partial charge in [-0.2, -0.15) is 0 Å². The minimum absolute atomic E-state index is 0.110. The Bertz CT molecular complexity index is 572. The number of nitrogen functional groups attached to an aromatic ring is 1. The van der Waals surface area contributed by atoms with E-state index in [0.29, 0.717) is 20.2 Å². The van der Waals surface area contributed by atoms with Gasteiger partial charge < -0.3 is 11.1 Å². The van der Waals surface area contributed by atoms with Crippen LogP contribution in [0.5, 0.6) is 0 Å². The molecule has 1 heterocycles. The summed E-state index contributed by atoms with van der Waals surface area (Å²) in [6.07, 6.45) is 0. The Labute approximate surface area is 123 Å². The maximum atomic E-state index is 12.0. The number of hydrogen-bond donors (Lipinski definition) is 2. The molecule has 0 unspecified atom stereocenters. The van der Waals surface area contributed by atoms with Crippen molar-refractivity contribution >= 4 is 51.4 Å². The molecule has 2 aromatic rings. The van der Waals surface area contributed by atoms with Gasteiger partial charge in [-0.1, -0.05) is 34.7 Å². The SMILES string of the molecule is C[C@@H](Sc1nnc(N)s1)C(=O)Nc1ccc(Cl)cc1. The van der Waals surface area contributed by atoms with Gasteiger partial charge in [-0.3, -0.25) is 4.79 Å². The Kier molecular flexibility index (Phi) is 4.62. The molecular weight excluding hydrogens is 304 g/mol. The van der Waals surface area contributed by atoms with Crippen molar-refractivity contribution in [1.29, 1.82) is 0 Å². The molecule has 5 nitrogen and oxygen atoms in total. The van der Waals surface area contributed by atoms with Crippen molar-refractivity contribution in [3.8, 4) is 0 Å². The lowest BCUT2D eigenvalue weighted by atomic mass is 10.3. The molecule has 19 heavy (non-hydrogen) atoms. The predicted octanol–water partition coefficient (Wildman–Crippen LogP) is 2.89. The molecular formula is C11H11ClN4OS2. The summed E-state index contributed by atoms with van der Waals surface area (Å²) in [7, 11) is 0. The zero-order valence-corrected chi connectivity index (χ0v) is 12.4. The third-order valence-electron chi connectivity index (χ3n) is 2.18. The molecule has 1 aromatic carbocycles. The maximum absolute atomic E-state index is 12.0. The van der Waals surface area contributed by atoms with Gasteiger partial charge in [-0.15, -0.1) is 10.2 Å². The minimum Gasteiger partial charge on any atom is -0.374 e. The van der Waals surface area contributed by atoms with Gasteiger partial charge in [-0.25, -0.2) is 0 Å². The third kappa shape index (κ3) is 4.09. The second-order valence-electron chi connectivity index (χ2n) is 3.66. The molecule has 0 saturated carbocycles. The first kappa shape index (κ1) is 14.1. The number of nitrogens with two attached hydrogens (primary N) is 1. The normalized spacial score (nSPS) is 12.1. The Morgan fingerprint density at radius 3 is 2.68 bits per heavy atom. The molecule has 0 bridgehead atoms. The smallest absolute Gasteiger partial charge is 0.237 e. The predicted molar refractivity (Wildman–Crippen MR) is 79.7 cm³/mol. The molecule has 0 aliphatic rings. The van der Waals surface area contributed by atoms with Crippen molar-refractivity contribution in [1.82, 2.24) is 10.2 Å². The molecule has 0 aliphatic heterocycles. The zero-order chi connectivity index (χ0) is 13.8. The zero-order valence-electron chi connectivity index (χ0n) is 9.96. The third-order valence-corrected chi connectivity index (χ3v) is 4.37. The molecule has 100 valence electrons. The van der Waals surface area contributed by atoms with Crippen LogP contribution in [0.1, 0.15) is 6.92 Å². The summed E-state index contributed by atoms with van der Waals surface area (Å²) in [4.78, 5) is 12.0. The Balaban J connectivity index is 1.94. The molecule has 0 spiro atoms. The van der Waals surface area contributed by atoms with E-state index in [4.69, 9.17) is 17.3 Å². The number of rotatable bonds is 4. The fourth-order valence-electron chi connectivity index (χ4n) is 1.25. The highest BCUT2D eigenvalue weighted by Gasteiger charge is 2.16. The first-order chi connectivity index (χ1) is 9.04. The minimum atomic E-state index is -0.289. The molecule has 0 aliphatic carbocycles. The number of aromatic nitrogens is 2. The van der Waals surface area contributed by atoms with Crippen LogP contribution in [0.3, 0.4) is 0 Å². The van der Waals surface area contributed by atoms with E-state index in [1.807, 2.05) is 0 Å². The van der Waals surface area contributed by atoms with Crippen molar-refractivity contribution < 1.29 is 4.79 Å². The van der Waals surface area contributed by atoms with E-state index < -0.39 is 0 Å². The summed E-state index contributed by atoms with van der Waals surface area (Å²) in [5.74, 6) is -0.110. The number of thioether (sulfide) groups is 1. The highest BCUT2D eigenvalue weighted by Crippen LogP contribution is 2.28. The first-order valence-electron chi connectivity index (χ1n) is 5.36. The molecule has 2 rings (SSSR count). The number of anilines is 2. The number of nitrogens with one attached hydrogen (secondary N) is 1. The van der Waals surface area contributed by atoms with E-state index >= 15 is 0 Å². The standard InChI is InChI=1S/C11H11ClN4OS2/c1-6(18-11-16-15-10(13)19-11)9(17)14-8-4-2-7(12)3-5-8/h2-6H,1H3,(H2,13,15)(H,14,17)/t6-/m1/s1. The lowest BCUT2D eigenvalue weighted by Gasteiger charge is -2.10. The van der Waals surface area contributed by atoms with Crippen molar-refractivity contribution in [3.63, 3.8) is 0 Å². The van der Waals surface area contributed by atoms with Gasteiger partial charge in [0.1, 0.15) is 0 Å². The quantitative estimate of drug-likeness (QED) is 0.848. The molecule has 0 fully saturated rings. The van der Waals surface area contributed by atoms with Gasteiger partial charge in [0.05, 0.1) is 5.25 Å². The summed E-state index contributed by atoms with van der Waals surface area (Å²) in [5.41, 5.74) is 6.19. The van der Waals surface area contributed by atoms with Crippen LogP contribution in [0.4, 0.5) is 10.8 Å². The highest BCUT2D eigenvalue weighted by atomic mass is 35.5. The Morgan fingerprint density at radius 1 is 1.42 bits per heavy atom. The fraction of sp³-hybridized carbons (Fsp3) is 0.182. The number of carbonyl (C=O) groups excluding carboxylic acids is 1. The molecule has 0 radical (unpaired) electrons. The monoisotopic (exact) mass is 314 g/mol. The van der Waals surface area contributed by atoms with Gasteiger partial charge in [-0.05, 0) is 31.2 Å². The lowest BCUT2D eigenvalue weighted by Crippen LogP contribution is -2.22. The fourth-order valence-corrected chi connectivity index (χ4v) is 3.16. The Morgan fingerprint density at radius 2 is 2.11 bits per heavy atom. The van der Waals surface area contributed by atoms with Crippen LogP contribution in [0, 0.1) is 0 Å². The van der Waals surface area contributed by atoms with Crippen molar-refractivity contribution in [2.24, 2.45) is 0 Å². The maximum Gasteiger partial charge on any atom is 0.237 e. The second-order valence-corrected chi connectivity index (χ2v) is 6.70. The number of amides is 1. The van der Waals surface area contributed by atoms with E-state index in [2.05, 4.69) is 15.5 Å². The van der Waals surface area contributed by atoms with E-state index in [9.17, 15) is 4.79 Å². The van der Waals surface area contributed by atoms with E-state index in [1.54, 1.807) is 31.2 Å². The number of hydrogen-bond acceptors (Lipinski definition) is 6. The number of benzene rings is 1. The Hall–Kier alpha value is -1.31. The highest BCUT2D eigenvalue weighted by molar-refractivity contribution is 8.02. The summed E-state index contributed by atoms with van der Waals surface area (Å²) < 4.78 is 0.677. The van der Waals surface area contributed by atoms with Crippen LogP contribution < -0.4 is 11.1 Å². The molecule has 8 heteroatoms. The van der Waals surface area contributed by atoms with Crippen molar-refractivity contribution in [2.45, 2.75) is 16.5 Å². The van der Waals surface area contributed by atoms with E-state index in [0.717, 1.165) is 0 Å². The summed E-state index contributed by atoms with van der Waals surface area (Å²) in [6.45, 7) is 1.80. The van der Waals surface area contributed by atoms with Crippen LogP contribution in [0.25, 0.3) is 0 Å². The number of halogens is 1. The van der Waals surface area contributed by atoms with E-state index in [-0.39, 0.29) is 11.2 Å². The molecule has 1 aromatic heterocycles. The molecule has 1 atom stereocenters. The van der Waals surface area contributed by atoms with Crippen LogP contribution in [-0.4, -0.2) is 21.4 Å². The van der Waals surface area contributed by atoms with Gasteiger partial charge in [0.2, 0.25) is 11.0 Å². The van der Waals surface area contributed by atoms with Crippen LogP contribution in [0.2, 0.25) is 5.02 Å². The molecule has 3 N–H and O–H groups in total. The topological polar surface area (TPSA) is 80.9 Å². The van der Waals surface area contributed by atoms with Gasteiger partial charge >= 0.3 is 0 Å². The van der Waals surface area contributed by atoms with Gasteiger partial charge in [0.25, 0.3) is 0 Å². The number of nitrogens with zero attached hydrogens (tertiary/aromatic N) is 2. The van der Waals surface area contributed by atoms with Crippen molar-refractivity contribution in [3.05, 3.63) is 29.3 Å². The summed E-state index contributed by atoms with van der Waals surface area (Å²) in [6, 6.07) is 6.95.